The molecular weight excluding hydrogens is 456 g/mol. The highest BCUT2D eigenvalue weighted by molar-refractivity contribution is 5.87. The molecule has 1 aliphatic rings. The number of carbonyl (C=O) groups excluding carboxylic acids is 1. The number of hydrogen-bond acceptors (Lipinski definition) is 6. The number of benzene rings is 1. The fourth-order valence-electron chi connectivity index (χ4n) is 4.72. The fraction of sp³-hybridized carbons (Fsp3) is 0.481. The molecule has 1 amide bonds. The van der Waals surface area contributed by atoms with Crippen LogP contribution in [0.3, 0.4) is 0 Å². The number of imidazole rings is 1. The van der Waals surface area contributed by atoms with Crippen molar-refractivity contribution in [1.29, 1.82) is 5.26 Å². The first-order chi connectivity index (χ1) is 17.1. The molecule has 0 saturated carbocycles. The largest absolute Gasteiger partial charge is 0.444 e. The Hall–Kier alpha value is -3.80. The number of aryl methyl sites for hydroxylation is 2. The summed E-state index contributed by atoms with van der Waals surface area (Å²) in [6, 6.07) is 11.5. The third kappa shape index (κ3) is 5.23. The van der Waals surface area contributed by atoms with Crippen LogP contribution in [0.25, 0.3) is 11.2 Å². The van der Waals surface area contributed by atoms with E-state index in [0.29, 0.717) is 17.8 Å². The molecule has 4 rings (SSSR count). The summed E-state index contributed by atoms with van der Waals surface area (Å²) in [4.78, 5) is 32.8. The molecule has 0 unspecified atom stereocenters. The first-order valence-electron chi connectivity index (χ1n) is 12.4. The molecule has 1 fully saturated rings. The van der Waals surface area contributed by atoms with Crippen molar-refractivity contribution in [1.82, 2.24) is 19.4 Å². The highest BCUT2D eigenvalue weighted by Gasteiger charge is 2.28. The number of rotatable bonds is 5. The number of fused-ring (bicyclic) bond motifs is 1. The van der Waals surface area contributed by atoms with Gasteiger partial charge in [0.2, 0.25) is 0 Å². The van der Waals surface area contributed by atoms with Crippen molar-refractivity contribution in [3.63, 3.8) is 0 Å². The summed E-state index contributed by atoms with van der Waals surface area (Å²) in [6.07, 6.45) is 2.04. The first-order valence-corrected chi connectivity index (χ1v) is 12.4. The Kier molecular flexibility index (Phi) is 7.07. The van der Waals surface area contributed by atoms with Crippen LogP contribution in [-0.4, -0.2) is 44.9 Å². The summed E-state index contributed by atoms with van der Waals surface area (Å²) in [5, 5.41) is 12.6. The molecule has 1 aromatic carbocycles. The van der Waals surface area contributed by atoms with E-state index in [1.807, 2.05) is 52.0 Å². The molecule has 0 bridgehead atoms. The number of alkyl carbamates (subject to hydrolysis) is 1. The average Bonchev–Trinajstić information content (AvgIpc) is 3.07. The monoisotopic (exact) mass is 490 g/mol. The first kappa shape index (κ1) is 25.3. The Bertz CT molecular complexity index is 1380. The number of ether oxygens (including phenoxy) is 1. The topological polar surface area (TPSA) is 105 Å². The van der Waals surface area contributed by atoms with Crippen molar-refractivity contribution in [2.45, 2.75) is 65.1 Å². The van der Waals surface area contributed by atoms with E-state index >= 15 is 0 Å². The Balaban J connectivity index is 1.75. The second-order valence-electron chi connectivity index (χ2n) is 10.3. The van der Waals surface area contributed by atoms with Crippen LogP contribution in [0.1, 0.15) is 57.4 Å². The average molecular weight is 491 g/mol. The number of pyridine rings is 1. The van der Waals surface area contributed by atoms with Crippen LogP contribution in [0.4, 0.5) is 10.5 Å². The third-order valence-corrected chi connectivity index (χ3v) is 6.42. The zero-order chi connectivity index (χ0) is 26.0. The van der Waals surface area contributed by atoms with Gasteiger partial charge < -0.3 is 15.0 Å². The van der Waals surface area contributed by atoms with Crippen LogP contribution in [0.15, 0.2) is 35.1 Å². The van der Waals surface area contributed by atoms with Gasteiger partial charge in [0, 0.05) is 31.9 Å². The summed E-state index contributed by atoms with van der Waals surface area (Å²) in [5.41, 5.74) is 3.75. The number of nitriles is 1. The van der Waals surface area contributed by atoms with Crippen LogP contribution in [0.2, 0.25) is 0 Å². The Labute approximate surface area is 211 Å². The second-order valence-corrected chi connectivity index (χ2v) is 10.3. The number of piperidine rings is 1. The summed E-state index contributed by atoms with van der Waals surface area (Å²) in [6.45, 7) is 9.25. The van der Waals surface area contributed by atoms with E-state index in [0.717, 1.165) is 48.3 Å². The van der Waals surface area contributed by atoms with E-state index < -0.39 is 11.7 Å². The van der Waals surface area contributed by atoms with Crippen molar-refractivity contribution in [3.05, 3.63) is 57.6 Å². The van der Waals surface area contributed by atoms with E-state index in [-0.39, 0.29) is 18.3 Å². The van der Waals surface area contributed by atoms with Crippen LogP contribution in [0, 0.1) is 11.3 Å². The van der Waals surface area contributed by atoms with E-state index in [9.17, 15) is 14.9 Å². The van der Waals surface area contributed by atoms with Gasteiger partial charge >= 0.3 is 11.8 Å². The van der Waals surface area contributed by atoms with Gasteiger partial charge in [-0.15, -0.1) is 0 Å². The summed E-state index contributed by atoms with van der Waals surface area (Å²) < 4.78 is 8.74. The summed E-state index contributed by atoms with van der Waals surface area (Å²) in [7, 11) is 1.73. The number of anilines is 1. The number of amides is 1. The maximum absolute atomic E-state index is 13.4. The Morgan fingerprint density at radius 2 is 2.06 bits per heavy atom. The maximum atomic E-state index is 13.4. The second kappa shape index (κ2) is 10.1. The number of carbonyl (C=O) groups is 1. The predicted molar refractivity (Wildman–Crippen MR) is 139 cm³/mol. The van der Waals surface area contributed by atoms with Gasteiger partial charge in [-0.05, 0) is 57.7 Å². The Morgan fingerprint density at radius 3 is 2.75 bits per heavy atom. The van der Waals surface area contributed by atoms with Crippen LogP contribution < -0.4 is 15.9 Å². The van der Waals surface area contributed by atoms with Crippen molar-refractivity contribution in [2.75, 3.05) is 18.0 Å². The number of hydrogen-bond donors (Lipinski definition) is 1. The third-order valence-electron chi connectivity index (χ3n) is 6.42. The molecule has 3 aromatic rings. The molecule has 1 saturated heterocycles. The smallest absolute Gasteiger partial charge is 0.407 e. The molecule has 190 valence electrons. The van der Waals surface area contributed by atoms with Gasteiger partial charge in [-0.2, -0.15) is 5.26 Å². The minimum atomic E-state index is -0.564. The molecule has 1 aliphatic heterocycles. The molecule has 0 spiro atoms. The van der Waals surface area contributed by atoms with Gasteiger partial charge in [0.15, 0.2) is 5.65 Å². The van der Waals surface area contributed by atoms with Crippen molar-refractivity contribution in [3.8, 4) is 6.07 Å². The minimum absolute atomic E-state index is 0.0786. The van der Waals surface area contributed by atoms with Gasteiger partial charge in [0.05, 0.1) is 23.9 Å². The van der Waals surface area contributed by atoms with Gasteiger partial charge in [-0.25, -0.2) is 14.6 Å². The maximum Gasteiger partial charge on any atom is 0.407 e. The van der Waals surface area contributed by atoms with E-state index in [1.54, 1.807) is 22.2 Å². The van der Waals surface area contributed by atoms with Crippen molar-refractivity contribution >= 4 is 22.9 Å². The van der Waals surface area contributed by atoms with Crippen molar-refractivity contribution in [2.24, 2.45) is 7.05 Å². The molecule has 36 heavy (non-hydrogen) atoms. The van der Waals surface area contributed by atoms with E-state index in [1.165, 1.54) is 0 Å². The molecule has 3 heterocycles. The quantitative estimate of drug-likeness (QED) is 0.585. The molecule has 2 aromatic heterocycles. The molecule has 0 aliphatic carbocycles. The summed E-state index contributed by atoms with van der Waals surface area (Å²) >= 11 is 0. The van der Waals surface area contributed by atoms with Gasteiger partial charge in [0.25, 0.3) is 0 Å². The lowest BCUT2D eigenvalue weighted by molar-refractivity contribution is 0.0500. The van der Waals surface area contributed by atoms with E-state index in [2.05, 4.69) is 16.3 Å². The molecule has 1 atom stereocenters. The summed E-state index contributed by atoms with van der Waals surface area (Å²) in [5.74, 6) is 0. The lowest BCUT2D eigenvalue weighted by atomic mass is 10.0. The molecule has 9 heteroatoms. The lowest BCUT2D eigenvalue weighted by Crippen LogP contribution is -2.49. The zero-order valence-corrected chi connectivity index (χ0v) is 21.7. The standard InChI is InChI=1S/C27H34N6O3/c1-6-20-14-22(32-13-9-12-21(17-32)30-25(34)36-27(2,3)4)23-24(29-20)31(5)26(35)33(23)16-19-11-8-7-10-18(19)15-28/h7-8,10-11,14,21H,6,9,12-13,16-17H2,1-5H3,(H,30,34)/t21-/m1/s1. The molecule has 1 N–H and O–H groups in total. The van der Waals surface area contributed by atoms with Gasteiger partial charge in [0.1, 0.15) is 11.1 Å². The molecule has 0 radical (unpaired) electrons. The fourth-order valence-corrected chi connectivity index (χ4v) is 4.72. The van der Waals surface area contributed by atoms with E-state index in [4.69, 9.17) is 9.72 Å². The number of nitrogens with one attached hydrogen (secondary N) is 1. The van der Waals surface area contributed by atoms with Gasteiger partial charge in [-0.1, -0.05) is 25.1 Å². The molecular formula is C27H34N6O3. The van der Waals surface area contributed by atoms with Crippen molar-refractivity contribution < 1.29 is 9.53 Å². The molecule has 9 nitrogen and oxygen atoms in total. The van der Waals surface area contributed by atoms with Crippen LogP contribution >= 0.6 is 0 Å². The van der Waals surface area contributed by atoms with Gasteiger partial charge in [-0.3, -0.25) is 9.13 Å². The highest BCUT2D eigenvalue weighted by atomic mass is 16.6. The SMILES string of the molecule is CCc1cc(N2CCC[C@@H](NC(=O)OC(C)(C)C)C2)c2c(n1)n(C)c(=O)n2Cc1ccccc1C#N. The zero-order valence-electron chi connectivity index (χ0n) is 21.7. The van der Waals surface area contributed by atoms with Crippen LogP contribution in [-0.2, 0) is 24.8 Å². The normalized spacial score (nSPS) is 16.1. The minimum Gasteiger partial charge on any atom is -0.444 e. The number of aromatic nitrogens is 3. The van der Waals surface area contributed by atoms with Crippen LogP contribution in [0.5, 0.6) is 0 Å². The lowest BCUT2D eigenvalue weighted by Gasteiger charge is -2.35. The highest BCUT2D eigenvalue weighted by Crippen LogP contribution is 2.30. The Morgan fingerprint density at radius 1 is 1.31 bits per heavy atom. The number of nitrogens with zero attached hydrogens (tertiary/aromatic N) is 5. The predicted octanol–water partition coefficient (Wildman–Crippen LogP) is 3.71.